The Bertz CT molecular complexity index is 582. The van der Waals surface area contributed by atoms with E-state index in [9.17, 15) is 4.79 Å². The normalized spacial score (nSPS) is 9.79. The molecule has 0 aliphatic heterocycles. The molecule has 2 aromatic rings. The van der Waals surface area contributed by atoms with Crippen molar-refractivity contribution in [3.8, 4) is 5.75 Å². The van der Waals surface area contributed by atoms with Gasteiger partial charge in [0.25, 0.3) is 0 Å². The maximum absolute atomic E-state index is 11.8. The number of nitrogens with zero attached hydrogens (tertiary/aromatic N) is 1. The summed E-state index contributed by atoms with van der Waals surface area (Å²) in [4.78, 5) is 11.8. The summed E-state index contributed by atoms with van der Waals surface area (Å²) in [6.07, 6.45) is 1.67. The first-order chi connectivity index (χ1) is 8.70. The number of hydrogen-bond donors (Lipinski definition) is 0. The first-order valence-corrected chi connectivity index (χ1v) is 6.16. The largest absolute Gasteiger partial charge is 0.483 e. The summed E-state index contributed by atoms with van der Waals surface area (Å²) in [5, 5.41) is 0. The van der Waals surface area contributed by atoms with Crippen LogP contribution in [0.15, 0.2) is 47.4 Å². The fraction of sp³-hybridized carbons (Fsp3) is 0.214. The highest BCUT2D eigenvalue weighted by atomic mass is 35.5. The lowest BCUT2D eigenvalue weighted by Gasteiger charge is -2.10. The fourth-order valence-electron chi connectivity index (χ4n) is 1.62. The number of aromatic nitrogens is 1. The SMILES string of the molecule is Cl.Cn1cc(OCc2ccccc2)c(=O)cc1CCl. The Kier molecular flexibility index (Phi) is 5.93. The topological polar surface area (TPSA) is 31.2 Å². The molecule has 0 bridgehead atoms. The molecule has 102 valence electrons. The van der Waals surface area contributed by atoms with Gasteiger partial charge in [-0.1, -0.05) is 30.3 Å². The van der Waals surface area contributed by atoms with E-state index in [1.807, 2.05) is 37.4 Å². The van der Waals surface area contributed by atoms with Crippen LogP contribution < -0.4 is 10.2 Å². The van der Waals surface area contributed by atoms with Crippen molar-refractivity contribution in [2.45, 2.75) is 12.5 Å². The van der Waals surface area contributed by atoms with Gasteiger partial charge >= 0.3 is 0 Å². The Morgan fingerprint density at radius 3 is 2.58 bits per heavy atom. The number of rotatable bonds is 4. The average molecular weight is 300 g/mol. The van der Waals surface area contributed by atoms with Gasteiger partial charge in [0.2, 0.25) is 5.43 Å². The highest BCUT2D eigenvalue weighted by Gasteiger charge is 2.05. The molecule has 0 N–H and O–H groups in total. The van der Waals surface area contributed by atoms with Crippen LogP contribution in [0.2, 0.25) is 0 Å². The number of hydrogen-bond acceptors (Lipinski definition) is 2. The third-order valence-electron chi connectivity index (χ3n) is 2.68. The zero-order chi connectivity index (χ0) is 13.0. The minimum atomic E-state index is -0.139. The van der Waals surface area contributed by atoms with E-state index in [0.29, 0.717) is 18.2 Å². The number of aryl methyl sites for hydroxylation is 1. The molecule has 0 saturated heterocycles. The first-order valence-electron chi connectivity index (χ1n) is 5.63. The van der Waals surface area contributed by atoms with Crippen molar-refractivity contribution in [1.82, 2.24) is 4.57 Å². The summed E-state index contributed by atoms with van der Waals surface area (Å²) in [5.41, 5.74) is 1.66. The molecule has 0 spiro atoms. The van der Waals surface area contributed by atoms with E-state index in [1.54, 1.807) is 10.8 Å². The van der Waals surface area contributed by atoms with Crippen molar-refractivity contribution in [2.75, 3.05) is 0 Å². The molecule has 0 aliphatic rings. The van der Waals surface area contributed by atoms with Crippen LogP contribution in [0.1, 0.15) is 11.3 Å². The zero-order valence-electron chi connectivity index (χ0n) is 10.5. The second kappa shape index (κ2) is 7.22. The number of alkyl halides is 1. The maximum Gasteiger partial charge on any atom is 0.223 e. The molecule has 0 unspecified atom stereocenters. The summed E-state index contributed by atoms with van der Waals surface area (Å²) in [6, 6.07) is 11.2. The van der Waals surface area contributed by atoms with Crippen molar-refractivity contribution in [3.63, 3.8) is 0 Å². The van der Waals surface area contributed by atoms with Crippen LogP contribution in [0, 0.1) is 0 Å². The predicted octanol–water partition coefficient (Wildman–Crippen LogP) is 3.12. The van der Waals surface area contributed by atoms with Crippen molar-refractivity contribution < 1.29 is 4.74 Å². The predicted molar refractivity (Wildman–Crippen MR) is 79.3 cm³/mol. The Morgan fingerprint density at radius 1 is 1.26 bits per heavy atom. The summed E-state index contributed by atoms with van der Waals surface area (Å²) in [6.45, 7) is 0.385. The van der Waals surface area contributed by atoms with Gasteiger partial charge in [0, 0.05) is 18.8 Å². The van der Waals surface area contributed by atoms with Crippen molar-refractivity contribution in [1.29, 1.82) is 0 Å². The van der Waals surface area contributed by atoms with Gasteiger partial charge < -0.3 is 9.30 Å². The lowest BCUT2D eigenvalue weighted by Crippen LogP contribution is -2.12. The van der Waals surface area contributed by atoms with Crippen LogP contribution >= 0.6 is 24.0 Å². The second-order valence-electron chi connectivity index (χ2n) is 4.01. The van der Waals surface area contributed by atoms with Gasteiger partial charge in [0.15, 0.2) is 5.75 Å². The molecular weight excluding hydrogens is 285 g/mol. The molecule has 2 rings (SSSR count). The highest BCUT2D eigenvalue weighted by Crippen LogP contribution is 2.10. The average Bonchev–Trinajstić information content (AvgIpc) is 2.40. The molecule has 3 nitrogen and oxygen atoms in total. The smallest absolute Gasteiger partial charge is 0.223 e. The lowest BCUT2D eigenvalue weighted by molar-refractivity contribution is 0.300. The number of pyridine rings is 1. The van der Waals surface area contributed by atoms with Crippen LogP contribution in [-0.4, -0.2) is 4.57 Å². The monoisotopic (exact) mass is 299 g/mol. The summed E-state index contributed by atoms with van der Waals surface area (Å²) >= 11 is 5.73. The number of ether oxygens (including phenoxy) is 1. The summed E-state index contributed by atoms with van der Waals surface area (Å²) < 4.78 is 7.33. The zero-order valence-corrected chi connectivity index (χ0v) is 12.1. The van der Waals surface area contributed by atoms with E-state index in [-0.39, 0.29) is 17.8 Å². The van der Waals surface area contributed by atoms with Crippen LogP contribution in [-0.2, 0) is 19.5 Å². The minimum absolute atomic E-state index is 0. The third-order valence-corrected chi connectivity index (χ3v) is 2.95. The van der Waals surface area contributed by atoms with E-state index >= 15 is 0 Å². The molecule has 0 fully saturated rings. The summed E-state index contributed by atoms with van der Waals surface area (Å²) in [5.74, 6) is 0.653. The molecule has 1 heterocycles. The molecule has 1 aromatic heterocycles. The molecular formula is C14H15Cl2NO2. The van der Waals surface area contributed by atoms with Gasteiger partial charge in [-0.05, 0) is 5.56 Å². The number of benzene rings is 1. The Hall–Kier alpha value is -1.45. The van der Waals surface area contributed by atoms with Crippen molar-refractivity contribution in [3.05, 3.63) is 64.1 Å². The maximum atomic E-state index is 11.8. The standard InChI is InChI=1S/C14H14ClNO2.ClH/c1-16-9-14(13(17)7-12(16)8-15)18-10-11-5-3-2-4-6-11;/h2-7,9H,8,10H2,1H3;1H. The molecule has 19 heavy (non-hydrogen) atoms. The van der Waals surface area contributed by atoms with E-state index in [2.05, 4.69) is 0 Å². The van der Waals surface area contributed by atoms with Crippen LogP contribution in [0.5, 0.6) is 5.75 Å². The number of halogens is 2. The van der Waals surface area contributed by atoms with Crippen molar-refractivity contribution in [2.24, 2.45) is 7.05 Å². The molecule has 0 aliphatic carbocycles. The molecule has 0 amide bonds. The van der Waals surface area contributed by atoms with E-state index < -0.39 is 0 Å². The first kappa shape index (κ1) is 15.6. The van der Waals surface area contributed by atoms with E-state index in [4.69, 9.17) is 16.3 Å². The Balaban J connectivity index is 0.00000180. The fourth-order valence-corrected chi connectivity index (χ4v) is 1.89. The van der Waals surface area contributed by atoms with Gasteiger partial charge in [-0.15, -0.1) is 24.0 Å². The van der Waals surface area contributed by atoms with Gasteiger partial charge in [-0.25, -0.2) is 0 Å². The molecule has 0 atom stereocenters. The highest BCUT2D eigenvalue weighted by molar-refractivity contribution is 6.16. The molecule has 0 radical (unpaired) electrons. The van der Waals surface area contributed by atoms with E-state index in [1.165, 1.54) is 6.07 Å². The van der Waals surface area contributed by atoms with Gasteiger partial charge in [-0.3, -0.25) is 4.79 Å². The lowest BCUT2D eigenvalue weighted by atomic mass is 10.2. The van der Waals surface area contributed by atoms with Gasteiger partial charge in [0.1, 0.15) is 6.61 Å². The second-order valence-corrected chi connectivity index (χ2v) is 4.28. The van der Waals surface area contributed by atoms with Gasteiger partial charge in [0.05, 0.1) is 12.1 Å². The summed E-state index contributed by atoms with van der Waals surface area (Å²) in [7, 11) is 1.84. The molecule has 0 saturated carbocycles. The Morgan fingerprint density at radius 2 is 1.95 bits per heavy atom. The third kappa shape index (κ3) is 4.01. The van der Waals surface area contributed by atoms with Crippen LogP contribution in [0.25, 0.3) is 0 Å². The minimum Gasteiger partial charge on any atom is -0.483 e. The van der Waals surface area contributed by atoms with Crippen LogP contribution in [0.3, 0.4) is 0 Å². The Labute approximate surface area is 123 Å². The molecule has 5 heteroatoms. The van der Waals surface area contributed by atoms with Crippen LogP contribution in [0.4, 0.5) is 0 Å². The van der Waals surface area contributed by atoms with Crippen molar-refractivity contribution >= 4 is 24.0 Å². The quantitative estimate of drug-likeness (QED) is 0.812. The molecule has 1 aromatic carbocycles. The van der Waals surface area contributed by atoms with E-state index in [0.717, 1.165) is 11.3 Å². The van der Waals surface area contributed by atoms with Gasteiger partial charge in [-0.2, -0.15) is 0 Å².